The van der Waals surface area contributed by atoms with Crippen LogP contribution in [0.2, 0.25) is 0 Å². The molecule has 0 aliphatic rings. The van der Waals surface area contributed by atoms with Gasteiger partial charge in [0, 0.05) is 29.4 Å². The molecule has 2 N–H and O–H groups in total. The molecule has 3 rings (SSSR count). The molecule has 0 atom stereocenters. The maximum atomic E-state index is 4.39. The second kappa shape index (κ2) is 6.01. The molecule has 0 saturated carbocycles. The lowest BCUT2D eigenvalue weighted by molar-refractivity contribution is 1.14. The number of fused-ring (bicyclic) bond motifs is 1. The lowest BCUT2D eigenvalue weighted by Gasteiger charge is -2.03. The van der Waals surface area contributed by atoms with Crippen LogP contribution in [0.4, 0.5) is 5.82 Å². The molecular weight excluding hydrogens is 266 g/mol. The number of rotatable bonds is 5. The smallest absolute Gasteiger partial charge is 0.125 e. The average molecular weight is 283 g/mol. The van der Waals surface area contributed by atoms with E-state index in [-0.39, 0.29) is 0 Å². The Balaban J connectivity index is 1.66. The van der Waals surface area contributed by atoms with E-state index in [2.05, 4.69) is 58.6 Å². The van der Waals surface area contributed by atoms with Crippen molar-refractivity contribution in [3.63, 3.8) is 0 Å². The Morgan fingerprint density at radius 3 is 2.85 bits per heavy atom. The third kappa shape index (κ3) is 2.96. The molecule has 0 aliphatic heterocycles. The largest absolute Gasteiger partial charge is 0.370 e. The Morgan fingerprint density at radius 2 is 2.10 bits per heavy atom. The zero-order valence-electron chi connectivity index (χ0n) is 11.4. The monoisotopic (exact) mass is 283 g/mol. The standard InChI is InChI=1S/C16H17N3S/c1-2-17-15-8-7-12(10-18-15)11-20-16-9-13-5-3-4-6-14(13)19-16/h3-10,19H,2,11H2,1H3,(H,17,18). The summed E-state index contributed by atoms with van der Waals surface area (Å²) in [7, 11) is 0. The van der Waals surface area contributed by atoms with Gasteiger partial charge in [-0.05, 0) is 30.7 Å². The van der Waals surface area contributed by atoms with Crippen molar-refractivity contribution in [2.75, 3.05) is 11.9 Å². The molecule has 102 valence electrons. The second-order valence-corrected chi connectivity index (χ2v) is 5.61. The lowest BCUT2D eigenvalue weighted by Crippen LogP contribution is -1.98. The first kappa shape index (κ1) is 13.1. The van der Waals surface area contributed by atoms with E-state index in [4.69, 9.17) is 0 Å². The Labute approximate surface area is 122 Å². The van der Waals surface area contributed by atoms with Crippen molar-refractivity contribution in [1.82, 2.24) is 9.97 Å². The highest BCUT2D eigenvalue weighted by molar-refractivity contribution is 7.98. The van der Waals surface area contributed by atoms with Gasteiger partial charge in [-0.25, -0.2) is 4.98 Å². The molecule has 0 aliphatic carbocycles. The van der Waals surface area contributed by atoms with Crippen LogP contribution in [-0.4, -0.2) is 16.5 Å². The summed E-state index contributed by atoms with van der Waals surface area (Å²) in [6, 6.07) is 14.7. The fourth-order valence-electron chi connectivity index (χ4n) is 2.08. The number of pyridine rings is 1. The van der Waals surface area contributed by atoms with Gasteiger partial charge in [0.05, 0.1) is 5.03 Å². The summed E-state index contributed by atoms with van der Waals surface area (Å²) in [6.07, 6.45) is 1.94. The van der Waals surface area contributed by atoms with Crippen LogP contribution in [0.1, 0.15) is 12.5 Å². The van der Waals surface area contributed by atoms with Crippen molar-refractivity contribution in [2.24, 2.45) is 0 Å². The molecule has 0 fully saturated rings. The summed E-state index contributed by atoms with van der Waals surface area (Å²) in [5, 5.41) is 5.66. The van der Waals surface area contributed by atoms with E-state index in [0.29, 0.717) is 0 Å². The van der Waals surface area contributed by atoms with Crippen LogP contribution in [0.15, 0.2) is 53.7 Å². The van der Waals surface area contributed by atoms with Gasteiger partial charge in [-0.15, -0.1) is 11.8 Å². The molecule has 2 aromatic heterocycles. The molecule has 1 aromatic carbocycles. The van der Waals surface area contributed by atoms with Gasteiger partial charge in [0.2, 0.25) is 0 Å². The van der Waals surface area contributed by atoms with Crippen LogP contribution in [0.3, 0.4) is 0 Å². The van der Waals surface area contributed by atoms with Gasteiger partial charge in [-0.3, -0.25) is 0 Å². The van der Waals surface area contributed by atoms with Crippen LogP contribution in [0.5, 0.6) is 0 Å². The molecule has 0 saturated heterocycles. The SMILES string of the molecule is CCNc1ccc(CSc2cc3ccccc3[nH]2)cn1. The van der Waals surface area contributed by atoms with Gasteiger partial charge < -0.3 is 10.3 Å². The fraction of sp³-hybridized carbons (Fsp3) is 0.188. The molecule has 4 heteroatoms. The van der Waals surface area contributed by atoms with E-state index in [1.165, 1.54) is 21.5 Å². The predicted octanol–water partition coefficient (Wildman–Crippen LogP) is 4.29. The minimum absolute atomic E-state index is 0.899. The van der Waals surface area contributed by atoms with E-state index in [1.807, 2.05) is 12.3 Å². The first-order valence-corrected chi connectivity index (χ1v) is 7.73. The normalized spacial score (nSPS) is 10.8. The second-order valence-electron chi connectivity index (χ2n) is 4.59. The maximum absolute atomic E-state index is 4.39. The van der Waals surface area contributed by atoms with Crippen molar-refractivity contribution in [1.29, 1.82) is 0 Å². The minimum Gasteiger partial charge on any atom is -0.370 e. The van der Waals surface area contributed by atoms with Crippen molar-refractivity contribution in [3.8, 4) is 0 Å². The van der Waals surface area contributed by atoms with Crippen molar-refractivity contribution < 1.29 is 0 Å². The van der Waals surface area contributed by atoms with Crippen LogP contribution in [0.25, 0.3) is 10.9 Å². The molecule has 0 amide bonds. The van der Waals surface area contributed by atoms with Gasteiger partial charge in [0.15, 0.2) is 0 Å². The first-order chi connectivity index (χ1) is 9.85. The van der Waals surface area contributed by atoms with Crippen molar-refractivity contribution in [3.05, 3.63) is 54.2 Å². The lowest BCUT2D eigenvalue weighted by atomic mass is 10.3. The molecule has 3 nitrogen and oxygen atoms in total. The number of nitrogens with one attached hydrogen (secondary N) is 2. The van der Waals surface area contributed by atoms with Crippen molar-refractivity contribution in [2.45, 2.75) is 17.7 Å². The Hall–Kier alpha value is -1.94. The van der Waals surface area contributed by atoms with E-state index < -0.39 is 0 Å². The van der Waals surface area contributed by atoms with E-state index in [1.54, 1.807) is 11.8 Å². The number of hydrogen-bond acceptors (Lipinski definition) is 3. The molecule has 0 unspecified atom stereocenters. The topological polar surface area (TPSA) is 40.7 Å². The van der Waals surface area contributed by atoms with E-state index in [9.17, 15) is 0 Å². The van der Waals surface area contributed by atoms with Gasteiger partial charge >= 0.3 is 0 Å². The summed E-state index contributed by atoms with van der Waals surface area (Å²) >= 11 is 1.80. The number of thioether (sulfide) groups is 1. The van der Waals surface area contributed by atoms with Gasteiger partial charge in [-0.2, -0.15) is 0 Å². The Kier molecular flexibility index (Phi) is 3.92. The third-order valence-corrected chi connectivity index (χ3v) is 4.09. The zero-order valence-corrected chi connectivity index (χ0v) is 12.2. The van der Waals surface area contributed by atoms with Gasteiger partial charge in [0.25, 0.3) is 0 Å². The van der Waals surface area contributed by atoms with Crippen LogP contribution in [-0.2, 0) is 5.75 Å². The summed E-state index contributed by atoms with van der Waals surface area (Å²) in [4.78, 5) is 7.82. The van der Waals surface area contributed by atoms with Crippen LogP contribution in [0, 0.1) is 0 Å². The van der Waals surface area contributed by atoms with E-state index in [0.717, 1.165) is 18.1 Å². The summed E-state index contributed by atoms with van der Waals surface area (Å²) in [6.45, 7) is 2.97. The zero-order chi connectivity index (χ0) is 13.8. The molecule has 0 spiro atoms. The third-order valence-electron chi connectivity index (χ3n) is 3.08. The highest BCUT2D eigenvalue weighted by Gasteiger charge is 2.02. The minimum atomic E-state index is 0.899. The first-order valence-electron chi connectivity index (χ1n) is 6.74. The summed E-state index contributed by atoms with van der Waals surface area (Å²) in [5.74, 6) is 1.86. The molecule has 0 bridgehead atoms. The van der Waals surface area contributed by atoms with Crippen LogP contribution >= 0.6 is 11.8 Å². The Morgan fingerprint density at radius 1 is 1.20 bits per heavy atom. The van der Waals surface area contributed by atoms with Crippen molar-refractivity contribution >= 4 is 28.5 Å². The number of para-hydroxylation sites is 1. The molecule has 20 heavy (non-hydrogen) atoms. The Bertz CT molecular complexity index is 655. The number of aromatic nitrogens is 2. The number of nitrogens with zero attached hydrogens (tertiary/aromatic N) is 1. The fourth-order valence-corrected chi connectivity index (χ4v) is 2.97. The predicted molar refractivity (Wildman–Crippen MR) is 86.3 cm³/mol. The average Bonchev–Trinajstić information content (AvgIpc) is 2.90. The number of anilines is 1. The quantitative estimate of drug-likeness (QED) is 0.686. The number of H-pyrrole nitrogens is 1. The van der Waals surface area contributed by atoms with Gasteiger partial charge in [0.1, 0.15) is 5.82 Å². The molecule has 0 radical (unpaired) electrons. The molecular formula is C16H17N3S. The number of benzene rings is 1. The highest BCUT2D eigenvalue weighted by Crippen LogP contribution is 2.26. The highest BCUT2D eigenvalue weighted by atomic mass is 32.2. The van der Waals surface area contributed by atoms with E-state index >= 15 is 0 Å². The van der Waals surface area contributed by atoms with Crippen LogP contribution < -0.4 is 5.32 Å². The molecule has 2 heterocycles. The summed E-state index contributed by atoms with van der Waals surface area (Å²) < 4.78 is 0. The van der Waals surface area contributed by atoms with Gasteiger partial charge in [-0.1, -0.05) is 24.3 Å². The molecule has 3 aromatic rings. The maximum Gasteiger partial charge on any atom is 0.125 e. The summed E-state index contributed by atoms with van der Waals surface area (Å²) in [5.41, 5.74) is 2.42. The number of aromatic amines is 1. The number of hydrogen-bond donors (Lipinski definition) is 2.